The number of hydrogen-bond donors (Lipinski definition) is 1. The van der Waals surface area contributed by atoms with Gasteiger partial charge in [-0.25, -0.2) is 0 Å². The summed E-state index contributed by atoms with van der Waals surface area (Å²) in [5, 5.41) is 9.04. The molecule has 0 aliphatic rings. The SMILES string of the molecule is CCNCc1c(CC)nn(Cc2ccccc2Cl)c1CC. The lowest BCUT2D eigenvalue weighted by Gasteiger charge is -2.09. The first kappa shape index (κ1) is 16.1. The van der Waals surface area contributed by atoms with E-state index in [1.165, 1.54) is 17.0 Å². The van der Waals surface area contributed by atoms with Gasteiger partial charge in [-0.2, -0.15) is 5.10 Å². The predicted octanol–water partition coefficient (Wildman–Crippen LogP) is 3.82. The van der Waals surface area contributed by atoms with Crippen molar-refractivity contribution in [1.29, 1.82) is 0 Å². The fourth-order valence-corrected chi connectivity index (χ4v) is 2.84. The van der Waals surface area contributed by atoms with Crippen LogP contribution in [0.4, 0.5) is 0 Å². The van der Waals surface area contributed by atoms with Crippen molar-refractivity contribution in [3.05, 3.63) is 51.8 Å². The molecule has 1 aromatic heterocycles. The zero-order valence-electron chi connectivity index (χ0n) is 13.1. The maximum Gasteiger partial charge on any atom is 0.0677 e. The van der Waals surface area contributed by atoms with Gasteiger partial charge in [0.25, 0.3) is 0 Å². The van der Waals surface area contributed by atoms with Crippen molar-refractivity contribution >= 4 is 11.6 Å². The van der Waals surface area contributed by atoms with Gasteiger partial charge in [-0.1, -0.05) is 50.6 Å². The molecule has 2 aromatic rings. The maximum atomic E-state index is 6.28. The number of benzene rings is 1. The molecule has 4 heteroatoms. The average Bonchev–Trinajstić information content (AvgIpc) is 2.84. The van der Waals surface area contributed by atoms with Gasteiger partial charge < -0.3 is 5.32 Å². The molecule has 0 bridgehead atoms. The normalized spacial score (nSPS) is 11.0. The first-order chi connectivity index (χ1) is 10.2. The fourth-order valence-electron chi connectivity index (χ4n) is 2.64. The third-order valence-electron chi connectivity index (χ3n) is 3.75. The number of halogens is 1. The molecule has 0 fully saturated rings. The van der Waals surface area contributed by atoms with E-state index in [9.17, 15) is 0 Å². The minimum atomic E-state index is 0.738. The summed E-state index contributed by atoms with van der Waals surface area (Å²) in [5.74, 6) is 0. The molecular weight excluding hydrogens is 282 g/mol. The van der Waals surface area contributed by atoms with Gasteiger partial charge in [-0.3, -0.25) is 4.68 Å². The second-order valence-electron chi connectivity index (χ2n) is 5.11. The zero-order chi connectivity index (χ0) is 15.2. The minimum absolute atomic E-state index is 0.738. The van der Waals surface area contributed by atoms with Gasteiger partial charge in [0.05, 0.1) is 12.2 Å². The Morgan fingerprint density at radius 1 is 1.14 bits per heavy atom. The Morgan fingerprint density at radius 2 is 1.90 bits per heavy atom. The molecule has 1 heterocycles. The van der Waals surface area contributed by atoms with E-state index in [0.29, 0.717) is 0 Å². The highest BCUT2D eigenvalue weighted by molar-refractivity contribution is 6.31. The van der Waals surface area contributed by atoms with E-state index in [2.05, 4.69) is 36.8 Å². The molecule has 3 nitrogen and oxygen atoms in total. The lowest BCUT2D eigenvalue weighted by Crippen LogP contribution is -2.14. The third-order valence-corrected chi connectivity index (χ3v) is 4.12. The summed E-state index contributed by atoms with van der Waals surface area (Å²) >= 11 is 6.28. The molecular formula is C17H24ClN3. The Labute approximate surface area is 132 Å². The summed E-state index contributed by atoms with van der Waals surface area (Å²) in [6, 6.07) is 7.99. The molecule has 0 atom stereocenters. The summed E-state index contributed by atoms with van der Waals surface area (Å²) < 4.78 is 2.12. The third kappa shape index (κ3) is 3.66. The average molecular weight is 306 g/mol. The monoisotopic (exact) mass is 305 g/mol. The Kier molecular flexibility index (Phi) is 5.83. The maximum absolute atomic E-state index is 6.28. The van der Waals surface area contributed by atoms with Crippen molar-refractivity contribution in [3.63, 3.8) is 0 Å². The van der Waals surface area contributed by atoms with Crippen molar-refractivity contribution < 1.29 is 0 Å². The molecule has 0 unspecified atom stereocenters. The number of aryl methyl sites for hydroxylation is 1. The minimum Gasteiger partial charge on any atom is -0.313 e. The van der Waals surface area contributed by atoms with Crippen LogP contribution >= 0.6 is 11.6 Å². The first-order valence-corrected chi connectivity index (χ1v) is 8.10. The van der Waals surface area contributed by atoms with Crippen LogP contribution in [0.15, 0.2) is 24.3 Å². The number of nitrogens with zero attached hydrogens (tertiary/aromatic N) is 2. The van der Waals surface area contributed by atoms with Crippen LogP contribution in [0.5, 0.6) is 0 Å². The van der Waals surface area contributed by atoms with E-state index in [0.717, 1.165) is 43.1 Å². The van der Waals surface area contributed by atoms with Crippen molar-refractivity contribution in [2.45, 2.75) is 46.7 Å². The summed E-state index contributed by atoms with van der Waals surface area (Å²) in [7, 11) is 0. The smallest absolute Gasteiger partial charge is 0.0677 e. The topological polar surface area (TPSA) is 29.9 Å². The Balaban J connectivity index is 2.35. The summed E-state index contributed by atoms with van der Waals surface area (Å²) in [6.45, 7) is 9.09. The second-order valence-corrected chi connectivity index (χ2v) is 5.52. The van der Waals surface area contributed by atoms with Gasteiger partial charge in [-0.15, -0.1) is 0 Å². The van der Waals surface area contributed by atoms with Gasteiger partial charge in [0.15, 0.2) is 0 Å². The standard InChI is InChI=1S/C17H24ClN3/c1-4-16-14(11-19-6-3)17(5-2)21(20-16)12-13-9-7-8-10-15(13)18/h7-10,19H,4-6,11-12H2,1-3H3. The molecule has 0 aliphatic heterocycles. The highest BCUT2D eigenvalue weighted by atomic mass is 35.5. The van der Waals surface area contributed by atoms with Crippen LogP contribution in [0.25, 0.3) is 0 Å². The van der Waals surface area contributed by atoms with Crippen LogP contribution in [0.3, 0.4) is 0 Å². The molecule has 21 heavy (non-hydrogen) atoms. The lowest BCUT2D eigenvalue weighted by atomic mass is 10.1. The van der Waals surface area contributed by atoms with Crippen LogP contribution in [-0.2, 0) is 25.9 Å². The lowest BCUT2D eigenvalue weighted by molar-refractivity contribution is 0.637. The van der Waals surface area contributed by atoms with E-state index >= 15 is 0 Å². The highest BCUT2D eigenvalue weighted by Gasteiger charge is 2.15. The first-order valence-electron chi connectivity index (χ1n) is 7.72. The van der Waals surface area contributed by atoms with Gasteiger partial charge >= 0.3 is 0 Å². The number of aromatic nitrogens is 2. The van der Waals surface area contributed by atoms with E-state index in [4.69, 9.17) is 16.7 Å². The molecule has 0 amide bonds. The fraction of sp³-hybridized carbons (Fsp3) is 0.471. The van der Waals surface area contributed by atoms with Crippen LogP contribution in [-0.4, -0.2) is 16.3 Å². The van der Waals surface area contributed by atoms with Crippen LogP contribution in [0, 0.1) is 0 Å². The van der Waals surface area contributed by atoms with Crippen LogP contribution < -0.4 is 5.32 Å². The van der Waals surface area contributed by atoms with Crippen molar-refractivity contribution in [2.24, 2.45) is 0 Å². The molecule has 0 spiro atoms. The molecule has 0 saturated heterocycles. The summed E-state index contributed by atoms with van der Waals surface area (Å²) in [6.07, 6.45) is 1.95. The zero-order valence-corrected chi connectivity index (χ0v) is 13.9. The number of hydrogen-bond acceptors (Lipinski definition) is 2. The molecule has 1 aromatic carbocycles. The van der Waals surface area contributed by atoms with E-state index in [-0.39, 0.29) is 0 Å². The van der Waals surface area contributed by atoms with E-state index in [1.807, 2.05) is 18.2 Å². The number of rotatable bonds is 7. The second kappa shape index (κ2) is 7.62. The van der Waals surface area contributed by atoms with Crippen molar-refractivity contribution in [1.82, 2.24) is 15.1 Å². The highest BCUT2D eigenvalue weighted by Crippen LogP contribution is 2.21. The van der Waals surface area contributed by atoms with Crippen molar-refractivity contribution in [2.75, 3.05) is 6.54 Å². The molecule has 0 saturated carbocycles. The van der Waals surface area contributed by atoms with Crippen molar-refractivity contribution in [3.8, 4) is 0 Å². The number of nitrogens with one attached hydrogen (secondary N) is 1. The molecule has 0 radical (unpaired) electrons. The predicted molar refractivity (Wildman–Crippen MR) is 88.9 cm³/mol. The Hall–Kier alpha value is -1.32. The largest absolute Gasteiger partial charge is 0.313 e. The summed E-state index contributed by atoms with van der Waals surface area (Å²) in [5.41, 5.74) is 4.98. The van der Waals surface area contributed by atoms with Gasteiger partial charge in [-0.05, 0) is 31.0 Å². The molecule has 0 aliphatic carbocycles. The van der Waals surface area contributed by atoms with Gasteiger partial charge in [0, 0.05) is 22.8 Å². The van der Waals surface area contributed by atoms with Gasteiger partial charge in [0.1, 0.15) is 0 Å². The van der Waals surface area contributed by atoms with Crippen LogP contribution in [0.1, 0.15) is 43.3 Å². The summed E-state index contributed by atoms with van der Waals surface area (Å²) in [4.78, 5) is 0. The van der Waals surface area contributed by atoms with Crippen LogP contribution in [0.2, 0.25) is 5.02 Å². The van der Waals surface area contributed by atoms with Gasteiger partial charge in [0.2, 0.25) is 0 Å². The Morgan fingerprint density at radius 3 is 2.52 bits per heavy atom. The molecule has 2 rings (SSSR count). The Bertz CT molecular complexity index is 590. The van der Waals surface area contributed by atoms with E-state index < -0.39 is 0 Å². The quantitative estimate of drug-likeness (QED) is 0.843. The van der Waals surface area contributed by atoms with E-state index in [1.54, 1.807) is 0 Å². The molecule has 1 N–H and O–H groups in total. The molecule has 114 valence electrons.